The molecule has 268 valence electrons. The van der Waals surface area contributed by atoms with E-state index in [0.29, 0.717) is 5.82 Å². The predicted molar refractivity (Wildman–Crippen MR) is 234 cm³/mol. The van der Waals surface area contributed by atoms with Crippen molar-refractivity contribution in [2.75, 3.05) is 0 Å². The lowest BCUT2D eigenvalue weighted by Crippen LogP contribution is -2.22. The molecular formula is C54H36N2O. The van der Waals surface area contributed by atoms with Crippen LogP contribution in [-0.2, 0) is 5.41 Å². The van der Waals surface area contributed by atoms with E-state index in [9.17, 15) is 0 Å². The first-order valence-electron chi connectivity index (χ1n) is 19.5. The van der Waals surface area contributed by atoms with E-state index in [2.05, 4.69) is 189 Å². The van der Waals surface area contributed by atoms with Gasteiger partial charge in [-0.25, -0.2) is 9.97 Å². The van der Waals surface area contributed by atoms with Gasteiger partial charge < -0.3 is 4.42 Å². The fraction of sp³-hybridized carbons (Fsp3) is 0.0370. The molecule has 0 aliphatic heterocycles. The monoisotopic (exact) mass is 728 g/mol. The van der Waals surface area contributed by atoms with E-state index in [1.807, 2.05) is 18.2 Å². The number of fused-ring (bicyclic) bond motifs is 6. The van der Waals surface area contributed by atoms with Gasteiger partial charge in [-0.05, 0) is 69.6 Å². The number of nitrogens with zero attached hydrogens (tertiary/aromatic N) is 2. The third-order valence-corrected chi connectivity index (χ3v) is 11.8. The second-order valence-electron chi connectivity index (χ2n) is 15.0. The van der Waals surface area contributed by atoms with Crippen molar-refractivity contribution in [2.45, 2.75) is 12.3 Å². The Morgan fingerprint density at radius 1 is 0.404 bits per heavy atom. The molecule has 57 heavy (non-hydrogen) atoms. The molecule has 0 amide bonds. The quantitative estimate of drug-likeness (QED) is 0.171. The third-order valence-electron chi connectivity index (χ3n) is 11.8. The second kappa shape index (κ2) is 13.1. The summed E-state index contributed by atoms with van der Waals surface area (Å²) < 4.78 is 6.46. The summed E-state index contributed by atoms with van der Waals surface area (Å²) >= 11 is 0. The van der Waals surface area contributed by atoms with Crippen LogP contribution in [0.3, 0.4) is 0 Å². The second-order valence-corrected chi connectivity index (χ2v) is 15.0. The van der Waals surface area contributed by atoms with Gasteiger partial charge in [0.05, 0.1) is 11.4 Å². The van der Waals surface area contributed by atoms with Crippen LogP contribution in [0.25, 0.3) is 89.2 Å². The van der Waals surface area contributed by atoms with Crippen molar-refractivity contribution in [3.63, 3.8) is 0 Å². The summed E-state index contributed by atoms with van der Waals surface area (Å²) in [6.07, 6.45) is 0. The molecule has 0 spiro atoms. The average molecular weight is 729 g/mol. The van der Waals surface area contributed by atoms with Crippen LogP contribution in [0.1, 0.15) is 23.6 Å². The van der Waals surface area contributed by atoms with Crippen molar-refractivity contribution < 1.29 is 4.42 Å². The van der Waals surface area contributed by atoms with Crippen LogP contribution in [0.4, 0.5) is 0 Å². The summed E-state index contributed by atoms with van der Waals surface area (Å²) in [6, 6.07) is 70.9. The Labute approximate surface area is 331 Å². The minimum absolute atomic E-state index is 0.314. The maximum absolute atomic E-state index is 6.46. The van der Waals surface area contributed by atoms with Gasteiger partial charge in [0.25, 0.3) is 0 Å². The van der Waals surface area contributed by atoms with E-state index >= 15 is 0 Å². The number of furan rings is 1. The Morgan fingerprint density at radius 3 is 1.77 bits per heavy atom. The molecule has 3 heteroatoms. The van der Waals surface area contributed by atoms with Gasteiger partial charge in [0.2, 0.25) is 0 Å². The standard InChI is InChI=1S/C54H36N2O/c1-54(38-21-6-3-7-22-38)46-30-12-10-26-44(46)51-45(29-16-31-47(51)54)49-34-48(55-53(56-49)35-17-4-2-5-18-35)41-24-9-8-23-39(41)36-19-14-20-37(33-36)40-27-15-28-43-42-25-11-13-32-50(42)57-52(40)43/h2-34H,1H3. The number of benzene rings is 8. The summed E-state index contributed by atoms with van der Waals surface area (Å²) in [6.45, 7) is 2.36. The first-order chi connectivity index (χ1) is 28.1. The van der Waals surface area contributed by atoms with Crippen molar-refractivity contribution in [1.29, 1.82) is 0 Å². The minimum Gasteiger partial charge on any atom is -0.455 e. The van der Waals surface area contributed by atoms with E-state index in [4.69, 9.17) is 14.4 Å². The third kappa shape index (κ3) is 5.27. The fourth-order valence-corrected chi connectivity index (χ4v) is 9.06. The van der Waals surface area contributed by atoms with Gasteiger partial charge in [0.1, 0.15) is 11.2 Å². The minimum atomic E-state index is -0.314. The first-order valence-corrected chi connectivity index (χ1v) is 19.5. The van der Waals surface area contributed by atoms with Crippen LogP contribution in [-0.4, -0.2) is 9.97 Å². The largest absolute Gasteiger partial charge is 0.455 e. The summed E-state index contributed by atoms with van der Waals surface area (Å²) in [7, 11) is 0. The van der Waals surface area contributed by atoms with Crippen molar-refractivity contribution in [3.8, 4) is 67.3 Å². The molecule has 0 saturated carbocycles. The van der Waals surface area contributed by atoms with Crippen LogP contribution in [0.2, 0.25) is 0 Å². The highest BCUT2D eigenvalue weighted by molar-refractivity contribution is 6.09. The van der Waals surface area contributed by atoms with E-state index in [1.54, 1.807) is 0 Å². The van der Waals surface area contributed by atoms with E-state index in [-0.39, 0.29) is 5.41 Å². The summed E-state index contributed by atoms with van der Waals surface area (Å²) in [4.78, 5) is 10.7. The molecule has 1 aliphatic carbocycles. The Bertz CT molecular complexity index is 3140. The van der Waals surface area contributed by atoms with Crippen LogP contribution in [0.15, 0.2) is 205 Å². The van der Waals surface area contributed by atoms with Crippen molar-refractivity contribution in [2.24, 2.45) is 0 Å². The molecule has 8 aromatic carbocycles. The van der Waals surface area contributed by atoms with E-state index in [0.717, 1.165) is 72.3 Å². The van der Waals surface area contributed by atoms with Gasteiger partial charge in [-0.3, -0.25) is 0 Å². The number of rotatable bonds is 6. The molecular weight excluding hydrogens is 693 g/mol. The zero-order valence-corrected chi connectivity index (χ0v) is 31.4. The zero-order chi connectivity index (χ0) is 37.9. The highest BCUT2D eigenvalue weighted by Crippen LogP contribution is 2.55. The maximum atomic E-state index is 6.46. The Morgan fingerprint density at radius 2 is 0.947 bits per heavy atom. The lowest BCUT2D eigenvalue weighted by atomic mass is 9.74. The molecule has 11 rings (SSSR count). The molecule has 0 N–H and O–H groups in total. The highest BCUT2D eigenvalue weighted by atomic mass is 16.3. The van der Waals surface area contributed by atoms with Crippen LogP contribution >= 0.6 is 0 Å². The Kier molecular flexibility index (Phi) is 7.61. The highest BCUT2D eigenvalue weighted by Gasteiger charge is 2.41. The van der Waals surface area contributed by atoms with Gasteiger partial charge in [-0.1, -0.05) is 182 Å². The topological polar surface area (TPSA) is 38.9 Å². The molecule has 0 fully saturated rings. The lowest BCUT2D eigenvalue weighted by Gasteiger charge is -2.28. The number of hydrogen-bond donors (Lipinski definition) is 0. The van der Waals surface area contributed by atoms with Gasteiger partial charge in [0, 0.05) is 38.4 Å². The molecule has 1 aliphatic rings. The Hall–Kier alpha value is -7.36. The summed E-state index contributed by atoms with van der Waals surface area (Å²) in [5.74, 6) is 0.693. The van der Waals surface area contributed by atoms with Crippen molar-refractivity contribution in [1.82, 2.24) is 9.97 Å². The number of para-hydroxylation sites is 2. The number of aromatic nitrogens is 2. The summed E-state index contributed by atoms with van der Waals surface area (Å²) in [5.41, 5.74) is 17.1. The summed E-state index contributed by atoms with van der Waals surface area (Å²) in [5, 5.41) is 2.25. The van der Waals surface area contributed by atoms with Crippen molar-refractivity contribution in [3.05, 3.63) is 217 Å². The molecule has 10 aromatic rings. The van der Waals surface area contributed by atoms with Gasteiger partial charge in [-0.15, -0.1) is 0 Å². The molecule has 1 unspecified atom stereocenters. The zero-order valence-electron chi connectivity index (χ0n) is 31.4. The van der Waals surface area contributed by atoms with Crippen LogP contribution in [0.5, 0.6) is 0 Å². The molecule has 3 nitrogen and oxygen atoms in total. The Balaban J connectivity index is 1.10. The molecule has 0 radical (unpaired) electrons. The molecule has 1 atom stereocenters. The lowest BCUT2D eigenvalue weighted by molar-refractivity contribution is 0.670. The molecule has 0 saturated heterocycles. The van der Waals surface area contributed by atoms with Crippen LogP contribution < -0.4 is 0 Å². The smallest absolute Gasteiger partial charge is 0.160 e. The van der Waals surface area contributed by atoms with Crippen LogP contribution in [0, 0.1) is 0 Å². The van der Waals surface area contributed by atoms with Crippen molar-refractivity contribution >= 4 is 21.9 Å². The average Bonchev–Trinajstić information content (AvgIpc) is 3.80. The molecule has 0 bridgehead atoms. The molecule has 2 heterocycles. The number of hydrogen-bond acceptors (Lipinski definition) is 3. The van der Waals surface area contributed by atoms with Gasteiger partial charge in [-0.2, -0.15) is 0 Å². The van der Waals surface area contributed by atoms with E-state index in [1.165, 1.54) is 27.8 Å². The predicted octanol–water partition coefficient (Wildman–Crippen LogP) is 14.0. The van der Waals surface area contributed by atoms with E-state index < -0.39 is 0 Å². The molecule has 2 aromatic heterocycles. The fourth-order valence-electron chi connectivity index (χ4n) is 9.06. The first kappa shape index (κ1) is 33.0. The van der Waals surface area contributed by atoms with Gasteiger partial charge >= 0.3 is 0 Å². The van der Waals surface area contributed by atoms with Gasteiger partial charge in [0.15, 0.2) is 5.82 Å². The normalized spacial score (nSPS) is 14.5. The maximum Gasteiger partial charge on any atom is 0.160 e. The SMILES string of the molecule is CC1(c2ccccc2)c2ccccc2-c2c(-c3cc(-c4ccccc4-c4cccc(-c5cccc6c5oc5ccccc56)c4)nc(-c4ccccc4)n3)cccc21.